The minimum Gasteiger partial charge on any atom is -0.492 e. The molecule has 2 aromatic rings. The maximum Gasteiger partial charge on any atom is 0.293 e. The van der Waals surface area contributed by atoms with E-state index >= 15 is 0 Å². The normalized spacial score (nSPS) is 15.6. The summed E-state index contributed by atoms with van der Waals surface area (Å²) in [4.78, 5) is 26.6. The Morgan fingerprint density at radius 3 is 2.64 bits per heavy atom. The highest BCUT2D eigenvalue weighted by atomic mass is 79.9. The van der Waals surface area contributed by atoms with Crippen LogP contribution in [0, 0.1) is 0 Å². The highest BCUT2D eigenvalue weighted by molar-refractivity contribution is 9.10. The van der Waals surface area contributed by atoms with Crippen LogP contribution in [0.1, 0.15) is 24.5 Å². The van der Waals surface area contributed by atoms with Crippen molar-refractivity contribution < 1.29 is 14.3 Å². The van der Waals surface area contributed by atoms with E-state index in [4.69, 9.17) is 27.9 Å². The van der Waals surface area contributed by atoms with Crippen LogP contribution in [0.2, 0.25) is 10.0 Å². The Morgan fingerprint density at radius 1 is 1.18 bits per heavy atom. The average Bonchev–Trinajstić information content (AvgIpc) is 2.90. The van der Waals surface area contributed by atoms with Crippen LogP contribution in [0.5, 0.6) is 5.75 Å². The molecule has 0 spiro atoms. The Balaban J connectivity index is 1.78. The molecule has 2 amide bonds. The zero-order valence-corrected chi connectivity index (χ0v) is 18.8. The van der Waals surface area contributed by atoms with E-state index in [-0.39, 0.29) is 17.7 Å². The molecule has 0 saturated carbocycles. The van der Waals surface area contributed by atoms with Crippen LogP contribution < -0.4 is 4.74 Å². The number of rotatable bonds is 6. The number of carbonyl (C=O) groups excluding carboxylic acids is 2. The van der Waals surface area contributed by atoms with Gasteiger partial charge in [0.25, 0.3) is 11.1 Å². The van der Waals surface area contributed by atoms with E-state index in [1.54, 1.807) is 24.3 Å². The number of amides is 2. The van der Waals surface area contributed by atoms with Crippen molar-refractivity contribution >= 4 is 68.1 Å². The van der Waals surface area contributed by atoms with Gasteiger partial charge in [-0.2, -0.15) is 0 Å². The fraction of sp³-hybridized carbons (Fsp3) is 0.200. The lowest BCUT2D eigenvalue weighted by molar-refractivity contribution is -0.123. The van der Waals surface area contributed by atoms with Gasteiger partial charge in [-0.05, 0) is 75.6 Å². The van der Waals surface area contributed by atoms with Gasteiger partial charge in [-0.3, -0.25) is 14.5 Å². The largest absolute Gasteiger partial charge is 0.492 e. The van der Waals surface area contributed by atoms with Gasteiger partial charge in [0.1, 0.15) is 5.75 Å². The summed E-state index contributed by atoms with van der Waals surface area (Å²) in [6.07, 6.45) is 2.61. The van der Waals surface area contributed by atoms with Crippen molar-refractivity contribution in [2.75, 3.05) is 6.61 Å². The van der Waals surface area contributed by atoms with Crippen molar-refractivity contribution in [1.82, 2.24) is 4.90 Å². The van der Waals surface area contributed by atoms with Crippen molar-refractivity contribution in [3.8, 4) is 5.75 Å². The van der Waals surface area contributed by atoms with Crippen molar-refractivity contribution in [1.29, 1.82) is 0 Å². The Hall–Kier alpha value is -1.47. The van der Waals surface area contributed by atoms with Crippen LogP contribution in [0.25, 0.3) is 6.08 Å². The van der Waals surface area contributed by atoms with E-state index in [0.717, 1.165) is 34.0 Å². The quantitative estimate of drug-likeness (QED) is 0.410. The number of halogens is 3. The first-order valence-corrected chi connectivity index (χ1v) is 10.9. The first-order valence-electron chi connectivity index (χ1n) is 8.50. The number of carbonyl (C=O) groups is 2. The van der Waals surface area contributed by atoms with Crippen molar-refractivity contribution in [3.63, 3.8) is 0 Å². The Labute approximate surface area is 186 Å². The van der Waals surface area contributed by atoms with Crippen LogP contribution in [0.3, 0.4) is 0 Å². The molecule has 1 fully saturated rings. The fourth-order valence-corrected chi connectivity index (χ4v) is 4.36. The number of hydrogen-bond donors (Lipinski definition) is 0. The monoisotopic (exact) mass is 499 g/mol. The van der Waals surface area contributed by atoms with Crippen LogP contribution in [-0.4, -0.2) is 22.7 Å². The summed E-state index contributed by atoms with van der Waals surface area (Å²) >= 11 is 16.5. The fourth-order valence-electron chi connectivity index (χ4n) is 2.54. The summed E-state index contributed by atoms with van der Waals surface area (Å²) in [6.45, 7) is 2.77. The molecule has 0 bridgehead atoms. The molecule has 28 heavy (non-hydrogen) atoms. The highest BCUT2D eigenvalue weighted by Crippen LogP contribution is 2.35. The van der Waals surface area contributed by atoms with E-state index in [0.29, 0.717) is 27.1 Å². The molecule has 8 heteroatoms. The molecule has 0 aromatic heterocycles. The molecular formula is C20H16BrCl2NO3S. The zero-order chi connectivity index (χ0) is 20.3. The second-order valence-electron chi connectivity index (χ2n) is 6.04. The first kappa shape index (κ1) is 21.2. The Morgan fingerprint density at radius 2 is 1.96 bits per heavy atom. The number of imide groups is 1. The Bertz CT molecular complexity index is 964. The minimum atomic E-state index is -0.344. The summed E-state index contributed by atoms with van der Waals surface area (Å²) in [5, 5.41) is 0.589. The van der Waals surface area contributed by atoms with Gasteiger partial charge in [-0.1, -0.05) is 42.3 Å². The third-order valence-corrected chi connectivity index (χ3v) is 6.05. The molecule has 1 heterocycles. The van der Waals surface area contributed by atoms with E-state index < -0.39 is 0 Å². The summed E-state index contributed by atoms with van der Waals surface area (Å²) < 4.78 is 6.42. The van der Waals surface area contributed by atoms with Gasteiger partial charge in [-0.15, -0.1) is 0 Å². The van der Waals surface area contributed by atoms with Gasteiger partial charge >= 0.3 is 0 Å². The van der Waals surface area contributed by atoms with E-state index in [2.05, 4.69) is 15.9 Å². The van der Waals surface area contributed by atoms with E-state index in [1.807, 2.05) is 25.1 Å². The molecular weight excluding hydrogens is 485 g/mol. The highest BCUT2D eigenvalue weighted by Gasteiger charge is 2.35. The molecule has 0 N–H and O–H groups in total. The standard InChI is InChI=1S/C20H16BrCl2NO3S/c1-2-7-27-17-6-3-12(8-15(17)21)9-18-19(25)24(20(26)28-18)11-13-4-5-14(22)10-16(13)23/h3-6,8-10H,2,7,11H2,1H3/b18-9-. The second-order valence-corrected chi connectivity index (χ2v) is 8.73. The van der Waals surface area contributed by atoms with Crippen molar-refractivity contribution in [2.24, 2.45) is 0 Å². The van der Waals surface area contributed by atoms with E-state index in [9.17, 15) is 9.59 Å². The van der Waals surface area contributed by atoms with Crippen LogP contribution in [0.15, 0.2) is 45.8 Å². The number of ether oxygens (including phenoxy) is 1. The lowest BCUT2D eigenvalue weighted by Gasteiger charge is -2.13. The molecule has 0 aliphatic carbocycles. The molecule has 1 aliphatic heterocycles. The predicted octanol–water partition coefficient (Wildman–Crippen LogP) is 6.78. The average molecular weight is 501 g/mol. The Kier molecular flexibility index (Phi) is 7.10. The smallest absolute Gasteiger partial charge is 0.293 e. The first-order chi connectivity index (χ1) is 13.4. The minimum absolute atomic E-state index is 0.103. The molecule has 0 unspecified atom stereocenters. The zero-order valence-electron chi connectivity index (χ0n) is 14.9. The van der Waals surface area contributed by atoms with Crippen LogP contribution in [0.4, 0.5) is 4.79 Å². The topological polar surface area (TPSA) is 46.6 Å². The maximum atomic E-state index is 12.7. The number of thioether (sulfide) groups is 1. The second kappa shape index (κ2) is 9.35. The molecule has 0 radical (unpaired) electrons. The molecule has 0 atom stereocenters. The van der Waals surface area contributed by atoms with Crippen LogP contribution in [-0.2, 0) is 11.3 Å². The summed E-state index contributed by atoms with van der Waals surface area (Å²) in [5.74, 6) is 0.396. The lowest BCUT2D eigenvalue weighted by Crippen LogP contribution is -2.27. The maximum absolute atomic E-state index is 12.7. The summed E-state index contributed by atoms with van der Waals surface area (Å²) in [7, 11) is 0. The van der Waals surface area contributed by atoms with E-state index in [1.165, 1.54) is 4.90 Å². The van der Waals surface area contributed by atoms with Crippen molar-refractivity contribution in [2.45, 2.75) is 19.9 Å². The molecule has 1 aliphatic rings. The van der Waals surface area contributed by atoms with Gasteiger partial charge in [0.15, 0.2) is 0 Å². The molecule has 2 aromatic carbocycles. The third-order valence-electron chi connectivity index (χ3n) is 3.93. The van der Waals surface area contributed by atoms with Crippen molar-refractivity contribution in [3.05, 3.63) is 66.9 Å². The molecule has 4 nitrogen and oxygen atoms in total. The van der Waals surface area contributed by atoms with Gasteiger partial charge in [0.05, 0.1) is 22.5 Å². The SMILES string of the molecule is CCCOc1ccc(/C=C2\SC(=O)N(Cc3ccc(Cl)cc3Cl)C2=O)cc1Br. The van der Waals surface area contributed by atoms with Crippen LogP contribution >= 0.6 is 50.9 Å². The van der Waals surface area contributed by atoms with Gasteiger partial charge in [0.2, 0.25) is 0 Å². The third kappa shape index (κ3) is 4.92. The summed E-state index contributed by atoms with van der Waals surface area (Å²) in [6, 6.07) is 10.5. The lowest BCUT2D eigenvalue weighted by atomic mass is 10.2. The van der Waals surface area contributed by atoms with Gasteiger partial charge < -0.3 is 4.74 Å². The number of nitrogens with zero attached hydrogens (tertiary/aromatic N) is 1. The molecule has 3 rings (SSSR count). The number of hydrogen-bond acceptors (Lipinski definition) is 4. The van der Waals surface area contributed by atoms with Gasteiger partial charge in [-0.25, -0.2) is 0 Å². The van der Waals surface area contributed by atoms with Gasteiger partial charge in [0, 0.05) is 10.0 Å². The number of benzene rings is 2. The molecule has 1 saturated heterocycles. The predicted molar refractivity (Wildman–Crippen MR) is 118 cm³/mol. The molecule has 146 valence electrons. The summed E-state index contributed by atoms with van der Waals surface area (Å²) in [5.41, 5.74) is 1.46.